The van der Waals surface area contributed by atoms with E-state index in [0.717, 1.165) is 20.7 Å². The highest BCUT2D eigenvalue weighted by molar-refractivity contribution is 5.90. The van der Waals surface area contributed by atoms with Crippen molar-refractivity contribution in [3.63, 3.8) is 0 Å². The summed E-state index contributed by atoms with van der Waals surface area (Å²) in [6.45, 7) is 4.14. The van der Waals surface area contributed by atoms with Crippen molar-refractivity contribution < 1.29 is 49.0 Å². The van der Waals surface area contributed by atoms with Gasteiger partial charge in [0, 0.05) is 19.1 Å². The van der Waals surface area contributed by atoms with Crippen molar-refractivity contribution in [1.29, 1.82) is 0 Å². The second kappa shape index (κ2) is 12.9. The summed E-state index contributed by atoms with van der Waals surface area (Å²) in [4.78, 5) is 20.3. The first kappa shape index (κ1) is 34.7. The Bertz CT molecular complexity index is 1510. The van der Waals surface area contributed by atoms with Crippen LogP contribution in [0, 0.1) is 0 Å². The molecule has 2 N–H and O–H groups in total. The van der Waals surface area contributed by atoms with E-state index in [1.807, 2.05) is 0 Å². The summed E-state index contributed by atoms with van der Waals surface area (Å²) in [6, 6.07) is 0.596. The number of carbonyl (C=O) groups excluding carboxylic acids is 1. The topological polar surface area (TPSA) is 115 Å². The van der Waals surface area contributed by atoms with Crippen LogP contribution in [0.4, 0.5) is 55.9 Å². The zero-order valence-corrected chi connectivity index (χ0v) is 24.6. The molecule has 2 atom stereocenters. The summed E-state index contributed by atoms with van der Waals surface area (Å²) >= 11 is 0. The number of halogens is 9. The second-order valence-corrected chi connectivity index (χ2v) is 10.7. The molecule has 10 nitrogen and oxygen atoms in total. The zero-order chi connectivity index (χ0) is 34.2. The number of tetrazole rings is 1. The number of hydrogen-bond acceptors (Lipinski definition) is 8. The van der Waals surface area contributed by atoms with Gasteiger partial charge in [0.1, 0.15) is 5.69 Å². The molecule has 0 spiro atoms. The number of rotatable bonds is 8. The van der Waals surface area contributed by atoms with Crippen LogP contribution in [0.1, 0.15) is 67.7 Å². The van der Waals surface area contributed by atoms with Gasteiger partial charge in [-0.1, -0.05) is 12.0 Å². The van der Waals surface area contributed by atoms with E-state index in [1.54, 1.807) is 20.8 Å². The monoisotopic (exact) mass is 668 g/mol. The van der Waals surface area contributed by atoms with E-state index in [4.69, 9.17) is 10.5 Å². The van der Waals surface area contributed by atoms with Crippen molar-refractivity contribution in [3.8, 4) is 0 Å². The average molecular weight is 669 g/mol. The summed E-state index contributed by atoms with van der Waals surface area (Å²) in [5.74, 6) is -0.331. The van der Waals surface area contributed by atoms with Crippen molar-refractivity contribution in [2.24, 2.45) is 5.73 Å². The maximum atomic E-state index is 13.9. The molecule has 46 heavy (non-hydrogen) atoms. The fraction of sp³-hybridized carbons (Fsp3) is 0.519. The highest BCUT2D eigenvalue weighted by Crippen LogP contribution is 2.44. The number of alkyl halides is 9. The lowest BCUT2D eigenvalue weighted by molar-refractivity contribution is -0.143. The van der Waals surface area contributed by atoms with Crippen molar-refractivity contribution in [2.45, 2.75) is 83.4 Å². The van der Waals surface area contributed by atoms with Gasteiger partial charge in [-0.15, -0.1) is 5.10 Å². The molecule has 0 fully saturated rings. The molecule has 19 heteroatoms. The number of pyridine rings is 1. The largest absolute Gasteiger partial charge is 0.446 e. The number of aromatic nitrogens is 5. The molecule has 0 radical (unpaired) electrons. The first-order chi connectivity index (χ1) is 21.3. The molecule has 4 rings (SSSR count). The molecule has 1 aliphatic heterocycles. The number of amides is 1. The van der Waals surface area contributed by atoms with Crippen molar-refractivity contribution >= 4 is 17.7 Å². The first-order valence-corrected chi connectivity index (χ1v) is 13.9. The number of anilines is 2. The zero-order valence-electron chi connectivity index (χ0n) is 24.6. The number of ether oxygens (including phenoxy) is 1. The summed E-state index contributed by atoms with van der Waals surface area (Å²) in [5, 5.41) is 11.8. The molecule has 0 bridgehead atoms. The number of carbonyl (C=O) groups is 1. The van der Waals surface area contributed by atoms with E-state index in [0.29, 0.717) is 18.2 Å². The lowest BCUT2D eigenvalue weighted by atomic mass is 9.91. The molecular weight excluding hydrogens is 639 g/mol. The average Bonchev–Trinajstić information content (AvgIpc) is 3.41. The molecule has 3 aromatic rings. The van der Waals surface area contributed by atoms with E-state index in [-0.39, 0.29) is 49.3 Å². The number of hydrogen-bond donors (Lipinski definition) is 1. The van der Waals surface area contributed by atoms with Crippen molar-refractivity contribution in [3.05, 3.63) is 58.4 Å². The van der Waals surface area contributed by atoms with Crippen LogP contribution in [-0.2, 0) is 36.4 Å². The Morgan fingerprint density at radius 2 is 1.65 bits per heavy atom. The third-order valence-electron chi connectivity index (χ3n) is 7.04. The highest BCUT2D eigenvalue weighted by atomic mass is 19.4. The molecule has 1 aromatic carbocycles. The predicted molar refractivity (Wildman–Crippen MR) is 144 cm³/mol. The molecule has 1 amide bonds. The molecule has 0 saturated carbocycles. The summed E-state index contributed by atoms with van der Waals surface area (Å²) < 4.78 is 129. The van der Waals surface area contributed by atoms with Crippen LogP contribution in [0.3, 0.4) is 0 Å². The Morgan fingerprint density at radius 3 is 2.17 bits per heavy atom. The quantitative estimate of drug-likeness (QED) is 0.276. The van der Waals surface area contributed by atoms with Gasteiger partial charge in [-0.3, -0.25) is 4.90 Å². The maximum absolute atomic E-state index is 13.9. The lowest BCUT2D eigenvalue weighted by Gasteiger charge is -2.43. The fourth-order valence-corrected chi connectivity index (χ4v) is 5.06. The van der Waals surface area contributed by atoms with Gasteiger partial charge < -0.3 is 15.4 Å². The molecule has 2 aromatic heterocycles. The summed E-state index contributed by atoms with van der Waals surface area (Å²) in [6.07, 6.45) is -16.7. The Balaban J connectivity index is 1.95. The molecule has 0 aliphatic carbocycles. The Hall–Kier alpha value is -4.16. The van der Waals surface area contributed by atoms with E-state index in [2.05, 4.69) is 20.4 Å². The number of fused-ring (bicyclic) bond motifs is 1. The van der Waals surface area contributed by atoms with Gasteiger partial charge in [0.15, 0.2) is 0 Å². The smallest absolute Gasteiger partial charge is 0.433 e. The molecule has 3 heterocycles. The van der Waals surface area contributed by atoms with E-state index >= 15 is 0 Å². The van der Waals surface area contributed by atoms with Gasteiger partial charge in [-0.2, -0.15) is 44.3 Å². The van der Waals surface area contributed by atoms with E-state index < -0.39 is 71.7 Å². The van der Waals surface area contributed by atoms with Gasteiger partial charge in [0.05, 0.1) is 41.2 Å². The molecule has 1 aliphatic rings. The maximum Gasteiger partial charge on any atom is 0.433 e. The van der Waals surface area contributed by atoms with Gasteiger partial charge in [0.2, 0.25) is 0 Å². The molecule has 0 unspecified atom stereocenters. The Morgan fingerprint density at radius 1 is 1.02 bits per heavy atom. The second-order valence-electron chi connectivity index (χ2n) is 10.7. The number of nitrogens with two attached hydrogens (primary N) is 1. The molecule has 252 valence electrons. The fourth-order valence-electron chi connectivity index (χ4n) is 5.06. The standard InChI is InChI=1S/C27H29F9N8O2/c1-4-18-12-20(22-19(44(18)24(45)46-14(2)3)5-6-21(38-22)27(34,35)36)42(23-39-41-43(40-23)8-7-37)13-15-9-16(25(28,29)30)11-17(10-15)26(31,32)33/h5-6,9-11,14,18,20H,4,7-8,12-13,37H2,1-3H3/t18-,20+/m1/s1. The summed E-state index contributed by atoms with van der Waals surface area (Å²) in [7, 11) is 0. The van der Waals surface area contributed by atoms with Gasteiger partial charge >= 0.3 is 24.6 Å². The van der Waals surface area contributed by atoms with Crippen LogP contribution in [0.2, 0.25) is 0 Å². The van der Waals surface area contributed by atoms with Gasteiger partial charge in [0.25, 0.3) is 5.95 Å². The summed E-state index contributed by atoms with van der Waals surface area (Å²) in [5.41, 5.74) is 0.0701. The van der Waals surface area contributed by atoms with Crippen molar-refractivity contribution in [2.75, 3.05) is 16.3 Å². The highest BCUT2D eigenvalue weighted by Gasteiger charge is 2.44. The lowest BCUT2D eigenvalue weighted by Crippen LogP contribution is -2.49. The Kier molecular flexibility index (Phi) is 9.75. The van der Waals surface area contributed by atoms with Crippen LogP contribution >= 0.6 is 0 Å². The Labute approximate surface area is 256 Å². The van der Waals surface area contributed by atoms with Gasteiger partial charge in [-0.25, -0.2) is 9.78 Å². The van der Waals surface area contributed by atoms with Crippen LogP contribution in [0.25, 0.3) is 0 Å². The SMILES string of the molecule is CC[C@@H]1C[C@H](N(Cc2cc(C(F)(F)F)cc(C(F)(F)F)c2)c2nnn(CCN)n2)c2nc(C(F)(F)F)ccc2N1C(=O)OC(C)C. The van der Waals surface area contributed by atoms with Crippen LogP contribution in [-0.4, -0.2) is 50.0 Å². The van der Waals surface area contributed by atoms with E-state index in [1.165, 1.54) is 0 Å². The normalized spacial score (nSPS) is 17.3. The minimum Gasteiger partial charge on any atom is -0.446 e. The van der Waals surface area contributed by atoms with Crippen LogP contribution in [0.15, 0.2) is 30.3 Å². The minimum absolute atomic E-state index is 0.0206. The molecular formula is C27H29F9N8O2. The predicted octanol–water partition coefficient (Wildman–Crippen LogP) is 6.36. The first-order valence-electron chi connectivity index (χ1n) is 13.9. The van der Waals surface area contributed by atoms with Crippen molar-refractivity contribution in [1.82, 2.24) is 25.2 Å². The minimum atomic E-state index is -5.16. The van der Waals surface area contributed by atoms with Crippen LogP contribution < -0.4 is 15.5 Å². The molecule has 0 saturated heterocycles. The van der Waals surface area contributed by atoms with Gasteiger partial charge in [-0.05, 0) is 67.8 Å². The third kappa shape index (κ3) is 7.61. The van der Waals surface area contributed by atoms with Crippen LogP contribution in [0.5, 0.6) is 0 Å². The third-order valence-corrected chi connectivity index (χ3v) is 7.04. The number of nitrogens with zero attached hydrogens (tertiary/aromatic N) is 7. The number of benzene rings is 1. The van der Waals surface area contributed by atoms with E-state index in [9.17, 15) is 44.3 Å².